The van der Waals surface area contributed by atoms with E-state index in [9.17, 15) is 0 Å². The van der Waals surface area contributed by atoms with Gasteiger partial charge < -0.3 is 8.85 Å². The zero-order chi connectivity index (χ0) is 11.7. The molecule has 1 unspecified atom stereocenters. The Labute approximate surface area is 95.1 Å². The molecule has 90 valence electrons. The third-order valence-electron chi connectivity index (χ3n) is 2.98. The summed E-state index contributed by atoms with van der Waals surface area (Å²) in [5.74, 6) is 0. The molecule has 0 saturated carbocycles. The molecule has 0 rings (SSSR count). The first-order valence-electron chi connectivity index (χ1n) is 5.69. The third kappa shape index (κ3) is 4.91. The zero-order valence-corrected chi connectivity index (χ0v) is 11.7. The van der Waals surface area contributed by atoms with Crippen LogP contribution in [0, 0.1) is 0 Å². The molecule has 0 fully saturated rings. The van der Waals surface area contributed by atoms with Crippen molar-refractivity contribution in [3.63, 3.8) is 0 Å². The minimum absolute atomic E-state index is 0.543. The SMILES string of the molecule is C/C=N/CCC(CCC)[Si](C)(OC)OC. The Balaban J connectivity index is 4.34. The number of rotatable bonds is 8. The molecule has 0 saturated heterocycles. The normalized spacial score (nSPS) is 14.7. The summed E-state index contributed by atoms with van der Waals surface area (Å²) in [4.78, 5) is 4.26. The van der Waals surface area contributed by atoms with E-state index in [2.05, 4.69) is 18.5 Å². The van der Waals surface area contributed by atoms with Crippen LogP contribution in [0.1, 0.15) is 33.1 Å². The highest BCUT2D eigenvalue weighted by molar-refractivity contribution is 6.67. The monoisotopic (exact) mass is 231 g/mol. The summed E-state index contributed by atoms with van der Waals surface area (Å²) in [6.45, 7) is 7.19. The van der Waals surface area contributed by atoms with Crippen LogP contribution in [0.15, 0.2) is 4.99 Å². The highest BCUT2D eigenvalue weighted by atomic mass is 28.4. The fraction of sp³-hybridized carbons (Fsp3) is 0.909. The molecule has 0 heterocycles. The van der Waals surface area contributed by atoms with Gasteiger partial charge in [-0.15, -0.1) is 0 Å². The lowest BCUT2D eigenvalue weighted by atomic mass is 10.2. The van der Waals surface area contributed by atoms with Gasteiger partial charge in [0.1, 0.15) is 0 Å². The van der Waals surface area contributed by atoms with Crippen LogP contribution in [-0.2, 0) is 8.85 Å². The van der Waals surface area contributed by atoms with E-state index in [4.69, 9.17) is 8.85 Å². The molecule has 0 aliphatic rings. The predicted molar refractivity (Wildman–Crippen MR) is 67.9 cm³/mol. The van der Waals surface area contributed by atoms with E-state index >= 15 is 0 Å². The average Bonchev–Trinajstić information content (AvgIpc) is 2.27. The van der Waals surface area contributed by atoms with Crippen LogP contribution in [0.3, 0.4) is 0 Å². The minimum atomic E-state index is -1.97. The van der Waals surface area contributed by atoms with E-state index in [1.165, 1.54) is 12.8 Å². The predicted octanol–water partition coefficient (Wildman–Crippen LogP) is 3.00. The molecule has 0 aromatic rings. The van der Waals surface area contributed by atoms with Crippen molar-refractivity contribution in [2.75, 3.05) is 20.8 Å². The Bertz CT molecular complexity index is 181. The average molecular weight is 231 g/mol. The summed E-state index contributed by atoms with van der Waals surface area (Å²) in [7, 11) is 1.56. The summed E-state index contributed by atoms with van der Waals surface area (Å²) < 4.78 is 11.2. The zero-order valence-electron chi connectivity index (χ0n) is 10.7. The van der Waals surface area contributed by atoms with Crippen LogP contribution in [0.25, 0.3) is 0 Å². The van der Waals surface area contributed by atoms with Crippen molar-refractivity contribution < 1.29 is 8.85 Å². The second-order valence-electron chi connectivity index (χ2n) is 3.86. The number of hydrogen-bond acceptors (Lipinski definition) is 3. The maximum absolute atomic E-state index is 5.60. The molecule has 0 amide bonds. The largest absolute Gasteiger partial charge is 0.398 e. The van der Waals surface area contributed by atoms with Crippen molar-refractivity contribution in [2.45, 2.75) is 45.2 Å². The highest BCUT2D eigenvalue weighted by Gasteiger charge is 2.38. The fourth-order valence-electron chi connectivity index (χ4n) is 1.79. The molecule has 0 spiro atoms. The molecule has 0 N–H and O–H groups in total. The molecular formula is C11H25NO2Si. The lowest BCUT2D eigenvalue weighted by molar-refractivity contribution is 0.231. The van der Waals surface area contributed by atoms with Gasteiger partial charge in [-0.25, -0.2) is 0 Å². The minimum Gasteiger partial charge on any atom is -0.398 e. The van der Waals surface area contributed by atoms with Crippen molar-refractivity contribution in [2.24, 2.45) is 4.99 Å². The summed E-state index contributed by atoms with van der Waals surface area (Å²) >= 11 is 0. The molecule has 1 atom stereocenters. The molecule has 0 radical (unpaired) electrons. The molecule has 0 aromatic heterocycles. The molecule has 3 nitrogen and oxygen atoms in total. The van der Waals surface area contributed by atoms with Crippen LogP contribution in [0.5, 0.6) is 0 Å². The van der Waals surface area contributed by atoms with Crippen LogP contribution in [-0.4, -0.2) is 35.5 Å². The lowest BCUT2D eigenvalue weighted by Crippen LogP contribution is -2.42. The number of hydrogen-bond donors (Lipinski definition) is 0. The first-order valence-corrected chi connectivity index (χ1v) is 8.08. The van der Waals surface area contributed by atoms with Gasteiger partial charge in [0.15, 0.2) is 0 Å². The second-order valence-corrected chi connectivity index (χ2v) is 7.53. The maximum Gasteiger partial charge on any atom is 0.337 e. The molecule has 0 aliphatic heterocycles. The van der Waals surface area contributed by atoms with E-state index in [1.54, 1.807) is 14.2 Å². The number of aliphatic imine (C=N–C) groups is 1. The van der Waals surface area contributed by atoms with Gasteiger partial charge in [-0.1, -0.05) is 13.3 Å². The Morgan fingerprint density at radius 2 is 1.87 bits per heavy atom. The van der Waals surface area contributed by atoms with Crippen LogP contribution < -0.4 is 0 Å². The van der Waals surface area contributed by atoms with Gasteiger partial charge in [-0.05, 0) is 32.5 Å². The summed E-state index contributed by atoms with van der Waals surface area (Å²) in [6, 6.07) is 0. The lowest BCUT2D eigenvalue weighted by Gasteiger charge is -2.31. The second kappa shape index (κ2) is 8.02. The van der Waals surface area contributed by atoms with E-state index in [-0.39, 0.29) is 0 Å². The fourth-order valence-corrected chi connectivity index (χ4v) is 4.09. The molecule has 15 heavy (non-hydrogen) atoms. The Hall–Kier alpha value is -0.193. The topological polar surface area (TPSA) is 30.8 Å². The van der Waals surface area contributed by atoms with Gasteiger partial charge in [0.2, 0.25) is 0 Å². The van der Waals surface area contributed by atoms with Crippen LogP contribution >= 0.6 is 0 Å². The van der Waals surface area contributed by atoms with E-state index in [1.807, 2.05) is 13.1 Å². The van der Waals surface area contributed by atoms with E-state index in [0.29, 0.717) is 5.54 Å². The summed E-state index contributed by atoms with van der Waals surface area (Å²) in [5, 5.41) is 0. The summed E-state index contributed by atoms with van der Waals surface area (Å²) in [5.41, 5.74) is 0.543. The molecule has 0 aliphatic carbocycles. The standard InChI is InChI=1S/C11H25NO2Si/c1-6-8-11(9-10-12-7-2)15(5,13-3)14-4/h7,11H,6,8-10H2,1-5H3/b12-7+. The van der Waals surface area contributed by atoms with Crippen molar-refractivity contribution in [1.82, 2.24) is 0 Å². The van der Waals surface area contributed by atoms with Gasteiger partial charge in [-0.3, -0.25) is 4.99 Å². The van der Waals surface area contributed by atoms with Crippen LogP contribution in [0.4, 0.5) is 0 Å². The molecular weight excluding hydrogens is 206 g/mol. The van der Waals surface area contributed by atoms with Gasteiger partial charge >= 0.3 is 8.56 Å². The molecule has 4 heteroatoms. The van der Waals surface area contributed by atoms with Crippen molar-refractivity contribution >= 4 is 14.8 Å². The van der Waals surface area contributed by atoms with Crippen LogP contribution in [0.2, 0.25) is 12.1 Å². The Morgan fingerprint density at radius 3 is 2.27 bits per heavy atom. The van der Waals surface area contributed by atoms with Gasteiger partial charge in [-0.2, -0.15) is 0 Å². The van der Waals surface area contributed by atoms with E-state index in [0.717, 1.165) is 13.0 Å². The first kappa shape index (κ1) is 14.8. The highest BCUT2D eigenvalue weighted by Crippen LogP contribution is 2.31. The first-order chi connectivity index (χ1) is 7.14. The van der Waals surface area contributed by atoms with Gasteiger partial charge in [0.05, 0.1) is 0 Å². The Kier molecular flexibility index (Phi) is 7.91. The van der Waals surface area contributed by atoms with Crippen molar-refractivity contribution in [1.29, 1.82) is 0 Å². The molecule has 0 aromatic carbocycles. The van der Waals surface area contributed by atoms with Crippen molar-refractivity contribution in [3.05, 3.63) is 0 Å². The summed E-state index contributed by atoms with van der Waals surface area (Å²) in [6.07, 6.45) is 5.28. The maximum atomic E-state index is 5.60. The smallest absolute Gasteiger partial charge is 0.337 e. The third-order valence-corrected chi connectivity index (χ3v) is 6.66. The molecule has 0 bridgehead atoms. The van der Waals surface area contributed by atoms with Gasteiger partial charge in [0, 0.05) is 26.3 Å². The quantitative estimate of drug-likeness (QED) is 0.475. The number of nitrogens with zero attached hydrogens (tertiary/aromatic N) is 1. The van der Waals surface area contributed by atoms with Crippen molar-refractivity contribution in [3.8, 4) is 0 Å². The van der Waals surface area contributed by atoms with Gasteiger partial charge in [0.25, 0.3) is 0 Å². The Morgan fingerprint density at radius 1 is 1.27 bits per heavy atom. The van der Waals surface area contributed by atoms with E-state index < -0.39 is 8.56 Å².